The van der Waals surface area contributed by atoms with Crippen molar-refractivity contribution in [1.82, 2.24) is 0 Å². The molecule has 0 radical (unpaired) electrons. The number of para-hydroxylation sites is 2. The van der Waals surface area contributed by atoms with Crippen molar-refractivity contribution in [3.05, 3.63) is 52.5 Å². The van der Waals surface area contributed by atoms with E-state index in [2.05, 4.69) is 15.5 Å². The summed E-state index contributed by atoms with van der Waals surface area (Å²) >= 11 is 12.5. The molecule has 132 valence electrons. The Hall–Kier alpha value is -1.95. The number of carbonyl (C=O) groups is 1. The second-order valence-electron chi connectivity index (χ2n) is 5.62. The first kappa shape index (κ1) is 17.9. The summed E-state index contributed by atoms with van der Waals surface area (Å²) in [4.78, 5) is 14.4. The number of nitrogens with zero attached hydrogens (tertiary/aromatic N) is 1. The topological polar surface area (TPSA) is 53.6 Å². The van der Waals surface area contributed by atoms with E-state index in [0.717, 1.165) is 24.5 Å². The molecule has 0 atom stereocenters. The van der Waals surface area contributed by atoms with E-state index in [-0.39, 0.29) is 12.5 Å². The molecule has 1 fully saturated rings. The molecule has 1 aliphatic rings. The molecule has 3 rings (SSSR count). The molecule has 0 saturated carbocycles. The Morgan fingerprint density at radius 2 is 1.68 bits per heavy atom. The summed E-state index contributed by atoms with van der Waals surface area (Å²) in [6, 6.07) is 12.8. The van der Waals surface area contributed by atoms with Crippen LogP contribution in [0.4, 0.5) is 17.1 Å². The summed E-state index contributed by atoms with van der Waals surface area (Å²) < 4.78 is 5.39. The highest BCUT2D eigenvalue weighted by Gasteiger charge is 2.18. The molecule has 0 spiro atoms. The van der Waals surface area contributed by atoms with Crippen LogP contribution < -0.4 is 15.5 Å². The highest BCUT2D eigenvalue weighted by atomic mass is 35.5. The summed E-state index contributed by atoms with van der Waals surface area (Å²) in [6.07, 6.45) is 0. The zero-order chi connectivity index (χ0) is 17.6. The average Bonchev–Trinajstić information content (AvgIpc) is 2.63. The molecule has 2 aromatic carbocycles. The summed E-state index contributed by atoms with van der Waals surface area (Å²) in [7, 11) is 0. The predicted molar refractivity (Wildman–Crippen MR) is 103 cm³/mol. The molecular formula is C18H19Cl2N3O2. The van der Waals surface area contributed by atoms with Crippen LogP contribution in [0.3, 0.4) is 0 Å². The maximum Gasteiger partial charge on any atom is 0.243 e. The monoisotopic (exact) mass is 379 g/mol. The minimum absolute atomic E-state index is 0.114. The summed E-state index contributed by atoms with van der Waals surface area (Å²) in [5.74, 6) is -0.180. The van der Waals surface area contributed by atoms with E-state index in [9.17, 15) is 4.79 Å². The Kier molecular flexibility index (Phi) is 6.02. The Morgan fingerprint density at radius 1 is 1.00 bits per heavy atom. The highest BCUT2D eigenvalue weighted by molar-refractivity contribution is 6.34. The third kappa shape index (κ3) is 4.57. The van der Waals surface area contributed by atoms with Crippen LogP contribution in [0.2, 0.25) is 10.0 Å². The van der Waals surface area contributed by atoms with Gasteiger partial charge in [0.15, 0.2) is 0 Å². The number of rotatable bonds is 5. The Morgan fingerprint density at radius 3 is 2.44 bits per heavy atom. The van der Waals surface area contributed by atoms with Gasteiger partial charge in [-0.3, -0.25) is 4.79 Å². The highest BCUT2D eigenvalue weighted by Crippen LogP contribution is 2.34. The van der Waals surface area contributed by atoms with Crippen molar-refractivity contribution in [2.24, 2.45) is 0 Å². The molecular weight excluding hydrogens is 361 g/mol. The first-order valence-electron chi connectivity index (χ1n) is 8.04. The fraction of sp³-hybridized carbons (Fsp3) is 0.278. The van der Waals surface area contributed by atoms with Crippen molar-refractivity contribution >= 4 is 46.2 Å². The van der Waals surface area contributed by atoms with Crippen LogP contribution in [-0.2, 0) is 9.53 Å². The van der Waals surface area contributed by atoms with E-state index < -0.39 is 0 Å². The maximum absolute atomic E-state index is 12.2. The lowest BCUT2D eigenvalue weighted by Gasteiger charge is -2.31. The maximum atomic E-state index is 12.2. The molecule has 2 aromatic rings. The number of hydrogen-bond donors (Lipinski definition) is 2. The van der Waals surface area contributed by atoms with Gasteiger partial charge >= 0.3 is 0 Å². The van der Waals surface area contributed by atoms with Gasteiger partial charge in [-0.2, -0.15) is 0 Å². The summed E-state index contributed by atoms with van der Waals surface area (Å²) in [5, 5.41) is 7.12. The first-order valence-corrected chi connectivity index (χ1v) is 8.80. The smallest absolute Gasteiger partial charge is 0.243 e. The zero-order valence-electron chi connectivity index (χ0n) is 13.6. The van der Waals surface area contributed by atoms with Crippen LogP contribution in [0.15, 0.2) is 42.5 Å². The number of halogens is 2. The summed E-state index contributed by atoms with van der Waals surface area (Å²) in [5.41, 5.74) is 2.32. The van der Waals surface area contributed by atoms with Gasteiger partial charge < -0.3 is 20.3 Å². The van der Waals surface area contributed by atoms with Crippen LogP contribution in [0, 0.1) is 0 Å². The minimum Gasteiger partial charge on any atom is -0.378 e. The van der Waals surface area contributed by atoms with Gasteiger partial charge in [0.2, 0.25) is 5.91 Å². The number of anilines is 3. The van der Waals surface area contributed by atoms with Crippen LogP contribution in [0.5, 0.6) is 0 Å². The number of ether oxygens (including phenoxy) is 1. The molecule has 1 aliphatic heterocycles. The van der Waals surface area contributed by atoms with Gasteiger partial charge in [-0.05, 0) is 24.3 Å². The van der Waals surface area contributed by atoms with Crippen LogP contribution in [0.25, 0.3) is 0 Å². The van der Waals surface area contributed by atoms with Crippen molar-refractivity contribution in [2.75, 3.05) is 48.4 Å². The number of morpholine rings is 1. The largest absolute Gasteiger partial charge is 0.378 e. The van der Waals surface area contributed by atoms with Crippen LogP contribution in [0.1, 0.15) is 0 Å². The van der Waals surface area contributed by atoms with E-state index in [1.807, 2.05) is 30.3 Å². The van der Waals surface area contributed by atoms with Gasteiger partial charge in [-0.15, -0.1) is 0 Å². The standard InChI is InChI=1S/C18H19Cl2N3O2/c19-13-4-1-2-6-15(13)22-17(24)12-21-16-7-3-5-14(20)18(16)23-8-10-25-11-9-23/h1-7,21H,8-12H2,(H,22,24). The van der Waals surface area contributed by atoms with Gasteiger partial charge in [-0.25, -0.2) is 0 Å². The molecule has 25 heavy (non-hydrogen) atoms. The Balaban J connectivity index is 1.67. The average molecular weight is 380 g/mol. The molecule has 1 amide bonds. The van der Waals surface area contributed by atoms with E-state index in [4.69, 9.17) is 27.9 Å². The third-order valence-corrected chi connectivity index (χ3v) is 4.54. The number of amides is 1. The number of hydrogen-bond acceptors (Lipinski definition) is 4. The van der Waals surface area contributed by atoms with Crippen molar-refractivity contribution < 1.29 is 9.53 Å². The quantitative estimate of drug-likeness (QED) is 0.827. The van der Waals surface area contributed by atoms with Gasteiger partial charge in [-0.1, -0.05) is 41.4 Å². The second kappa shape index (κ2) is 8.43. The molecule has 2 N–H and O–H groups in total. The molecule has 1 heterocycles. The van der Waals surface area contributed by atoms with Crippen molar-refractivity contribution in [2.45, 2.75) is 0 Å². The van der Waals surface area contributed by atoms with Crippen LogP contribution in [-0.4, -0.2) is 38.8 Å². The lowest BCUT2D eigenvalue weighted by molar-refractivity contribution is -0.114. The fourth-order valence-corrected chi connectivity index (χ4v) is 3.18. The van der Waals surface area contributed by atoms with E-state index >= 15 is 0 Å². The first-order chi connectivity index (χ1) is 12.1. The summed E-state index contributed by atoms with van der Waals surface area (Å²) in [6.45, 7) is 2.98. The molecule has 0 aromatic heterocycles. The van der Waals surface area contributed by atoms with E-state index in [1.54, 1.807) is 12.1 Å². The van der Waals surface area contributed by atoms with Gasteiger partial charge in [0, 0.05) is 13.1 Å². The zero-order valence-corrected chi connectivity index (χ0v) is 15.1. The molecule has 0 bridgehead atoms. The van der Waals surface area contributed by atoms with E-state index in [1.165, 1.54) is 0 Å². The third-order valence-electron chi connectivity index (χ3n) is 3.90. The van der Waals surface area contributed by atoms with Crippen molar-refractivity contribution in [1.29, 1.82) is 0 Å². The van der Waals surface area contributed by atoms with E-state index in [0.29, 0.717) is 28.9 Å². The molecule has 0 aliphatic carbocycles. The Bertz CT molecular complexity index is 749. The molecule has 5 nitrogen and oxygen atoms in total. The van der Waals surface area contributed by atoms with Gasteiger partial charge in [0.1, 0.15) is 0 Å². The lowest BCUT2D eigenvalue weighted by atomic mass is 10.2. The minimum atomic E-state index is -0.180. The Labute approximate surface area is 156 Å². The van der Waals surface area contributed by atoms with Crippen molar-refractivity contribution in [3.63, 3.8) is 0 Å². The van der Waals surface area contributed by atoms with Crippen molar-refractivity contribution in [3.8, 4) is 0 Å². The number of benzene rings is 2. The van der Waals surface area contributed by atoms with Gasteiger partial charge in [0.05, 0.1) is 46.9 Å². The second-order valence-corrected chi connectivity index (χ2v) is 6.43. The predicted octanol–water partition coefficient (Wildman–Crippen LogP) is 3.88. The molecule has 7 heteroatoms. The number of nitrogens with one attached hydrogen (secondary N) is 2. The number of carbonyl (C=O) groups excluding carboxylic acids is 1. The SMILES string of the molecule is O=C(CNc1cccc(Cl)c1N1CCOCC1)Nc1ccccc1Cl. The molecule has 0 unspecified atom stereocenters. The van der Waals surface area contributed by atoms with Crippen LogP contribution >= 0.6 is 23.2 Å². The molecule has 1 saturated heterocycles. The fourth-order valence-electron chi connectivity index (χ4n) is 2.70. The van der Waals surface area contributed by atoms with Gasteiger partial charge in [0.25, 0.3) is 0 Å². The normalized spacial score (nSPS) is 14.2. The lowest BCUT2D eigenvalue weighted by Crippen LogP contribution is -2.37.